The van der Waals surface area contributed by atoms with E-state index in [9.17, 15) is 14.0 Å². The molecule has 0 unspecified atom stereocenters. The standard InChI is InChI=1S/C23H29ClFN3O4/c1-3-19-21-20(6-4-10-31-11-5-9-26-22(21)29)28(27-19)13-15(2)14-32-23(30)16-7-8-17(24)18(25)12-16/h7-8,12,15H,3-6,9-11,13-14H2,1-2H3,(H,26,29)/t15-/m1/s1. The number of amides is 1. The van der Waals surface area contributed by atoms with Crippen molar-refractivity contribution < 1.29 is 23.5 Å². The summed E-state index contributed by atoms with van der Waals surface area (Å²) in [6.45, 7) is 6.35. The van der Waals surface area contributed by atoms with Crippen molar-refractivity contribution in [2.75, 3.05) is 26.4 Å². The highest BCUT2D eigenvalue weighted by Crippen LogP contribution is 2.20. The van der Waals surface area contributed by atoms with Crippen molar-refractivity contribution in [3.05, 3.63) is 51.6 Å². The fraction of sp³-hybridized carbons (Fsp3) is 0.522. The van der Waals surface area contributed by atoms with Crippen molar-refractivity contribution in [3.8, 4) is 0 Å². The lowest BCUT2D eigenvalue weighted by Crippen LogP contribution is -2.27. The molecule has 0 fully saturated rings. The number of hydrogen-bond donors (Lipinski definition) is 1. The monoisotopic (exact) mass is 465 g/mol. The molecular formula is C23H29ClFN3O4. The van der Waals surface area contributed by atoms with Gasteiger partial charge in [-0.3, -0.25) is 9.48 Å². The van der Waals surface area contributed by atoms with Crippen molar-refractivity contribution in [1.82, 2.24) is 15.1 Å². The average Bonchev–Trinajstić information content (AvgIpc) is 3.10. The van der Waals surface area contributed by atoms with Gasteiger partial charge in [0.25, 0.3) is 5.91 Å². The maximum Gasteiger partial charge on any atom is 0.338 e. The van der Waals surface area contributed by atoms with Gasteiger partial charge in [0.1, 0.15) is 5.82 Å². The van der Waals surface area contributed by atoms with Crippen molar-refractivity contribution in [1.29, 1.82) is 0 Å². The molecule has 1 aromatic carbocycles. The first-order chi connectivity index (χ1) is 15.4. The number of ether oxygens (including phenoxy) is 2. The fourth-order valence-corrected chi connectivity index (χ4v) is 3.76. The maximum absolute atomic E-state index is 13.6. The summed E-state index contributed by atoms with van der Waals surface area (Å²) >= 11 is 5.66. The van der Waals surface area contributed by atoms with Crippen LogP contribution in [0.1, 0.15) is 58.8 Å². The molecule has 2 heterocycles. The lowest BCUT2D eigenvalue weighted by molar-refractivity contribution is 0.0435. The number of benzene rings is 1. The lowest BCUT2D eigenvalue weighted by Gasteiger charge is -2.15. The number of fused-ring (bicyclic) bond motifs is 1. The van der Waals surface area contributed by atoms with Gasteiger partial charge < -0.3 is 14.8 Å². The quantitative estimate of drug-likeness (QED) is 0.656. The second kappa shape index (κ2) is 11.4. The molecule has 1 aliphatic heterocycles. The second-order valence-corrected chi connectivity index (χ2v) is 8.37. The lowest BCUT2D eigenvalue weighted by atomic mass is 10.1. The first-order valence-corrected chi connectivity index (χ1v) is 11.3. The summed E-state index contributed by atoms with van der Waals surface area (Å²) < 4.78 is 26.4. The topological polar surface area (TPSA) is 82.5 Å². The van der Waals surface area contributed by atoms with E-state index in [4.69, 9.17) is 21.1 Å². The molecule has 0 saturated heterocycles. The van der Waals surface area contributed by atoms with Gasteiger partial charge >= 0.3 is 5.97 Å². The van der Waals surface area contributed by atoms with Crippen LogP contribution in [0.2, 0.25) is 5.02 Å². The Hall–Kier alpha value is -2.45. The van der Waals surface area contributed by atoms with E-state index in [1.54, 1.807) is 0 Å². The normalized spacial score (nSPS) is 15.9. The Balaban J connectivity index is 1.70. The predicted molar refractivity (Wildman–Crippen MR) is 119 cm³/mol. The number of rotatable bonds is 6. The van der Waals surface area contributed by atoms with E-state index >= 15 is 0 Å². The van der Waals surface area contributed by atoms with Gasteiger partial charge in [0, 0.05) is 32.2 Å². The summed E-state index contributed by atoms with van der Waals surface area (Å²) in [4.78, 5) is 25.1. The Morgan fingerprint density at radius 3 is 2.91 bits per heavy atom. The van der Waals surface area contributed by atoms with E-state index in [0.717, 1.165) is 30.3 Å². The van der Waals surface area contributed by atoms with E-state index in [1.165, 1.54) is 12.1 Å². The first kappa shape index (κ1) is 24.2. The number of nitrogens with one attached hydrogen (secondary N) is 1. The summed E-state index contributed by atoms with van der Waals surface area (Å²) in [7, 11) is 0. The minimum absolute atomic E-state index is 0.0477. The summed E-state index contributed by atoms with van der Waals surface area (Å²) in [6.07, 6.45) is 2.88. The highest BCUT2D eigenvalue weighted by atomic mass is 35.5. The van der Waals surface area contributed by atoms with E-state index in [1.807, 2.05) is 18.5 Å². The van der Waals surface area contributed by atoms with Crippen LogP contribution in [0.15, 0.2) is 18.2 Å². The van der Waals surface area contributed by atoms with E-state index in [2.05, 4.69) is 10.4 Å². The molecule has 1 aromatic heterocycles. The van der Waals surface area contributed by atoms with Crippen LogP contribution in [-0.2, 0) is 28.9 Å². The molecule has 0 bridgehead atoms. The Morgan fingerprint density at radius 2 is 2.16 bits per heavy atom. The van der Waals surface area contributed by atoms with Crippen molar-refractivity contribution >= 4 is 23.5 Å². The predicted octanol–water partition coefficient (Wildman–Crippen LogP) is 3.81. The number of nitrogens with zero attached hydrogens (tertiary/aromatic N) is 2. The van der Waals surface area contributed by atoms with Gasteiger partial charge in [-0.05, 0) is 43.9 Å². The van der Waals surface area contributed by atoms with E-state index < -0.39 is 11.8 Å². The Morgan fingerprint density at radius 1 is 1.38 bits per heavy atom. The molecule has 0 aliphatic carbocycles. The molecule has 3 rings (SSSR count). The van der Waals surface area contributed by atoms with Crippen LogP contribution in [0.25, 0.3) is 0 Å². The minimum atomic E-state index is -0.666. The molecule has 1 N–H and O–H groups in total. The number of aromatic nitrogens is 2. The molecule has 2 aromatic rings. The maximum atomic E-state index is 13.6. The van der Waals surface area contributed by atoms with E-state index in [-0.39, 0.29) is 29.0 Å². The van der Waals surface area contributed by atoms with Gasteiger partial charge in [-0.25, -0.2) is 9.18 Å². The number of esters is 1. The third-order valence-electron chi connectivity index (χ3n) is 5.28. The van der Waals surface area contributed by atoms with Crippen LogP contribution in [0.5, 0.6) is 0 Å². The largest absolute Gasteiger partial charge is 0.462 e. The molecule has 1 aliphatic rings. The Bertz CT molecular complexity index is 963. The third kappa shape index (κ3) is 6.07. The number of carbonyl (C=O) groups excluding carboxylic acids is 2. The van der Waals surface area contributed by atoms with Crippen LogP contribution < -0.4 is 5.32 Å². The van der Waals surface area contributed by atoms with Crippen LogP contribution in [0.4, 0.5) is 4.39 Å². The number of aryl methyl sites for hydroxylation is 1. The number of halogens is 2. The molecule has 0 saturated carbocycles. The first-order valence-electron chi connectivity index (χ1n) is 11.0. The second-order valence-electron chi connectivity index (χ2n) is 7.96. The van der Waals surface area contributed by atoms with Gasteiger partial charge in [0.2, 0.25) is 0 Å². The molecule has 1 amide bonds. The van der Waals surface area contributed by atoms with Crippen LogP contribution >= 0.6 is 11.6 Å². The number of carbonyl (C=O) groups is 2. The SMILES string of the molecule is CCc1nn(C[C@@H](C)COC(=O)c2ccc(Cl)c(F)c2)c2c1C(=O)NCCCOCCC2. The van der Waals surface area contributed by atoms with Gasteiger partial charge in [-0.1, -0.05) is 25.4 Å². The highest BCUT2D eigenvalue weighted by Gasteiger charge is 2.24. The number of hydrogen-bond acceptors (Lipinski definition) is 5. The molecule has 0 radical (unpaired) electrons. The summed E-state index contributed by atoms with van der Waals surface area (Å²) in [5.41, 5.74) is 2.40. The Kier molecular flexibility index (Phi) is 8.64. The van der Waals surface area contributed by atoms with Gasteiger partial charge in [-0.2, -0.15) is 5.10 Å². The van der Waals surface area contributed by atoms with Gasteiger partial charge in [-0.15, -0.1) is 0 Å². The molecule has 0 spiro atoms. The zero-order valence-corrected chi connectivity index (χ0v) is 19.2. The van der Waals surface area contributed by atoms with E-state index in [0.29, 0.717) is 44.7 Å². The summed E-state index contributed by atoms with van der Waals surface area (Å²) in [5, 5.41) is 7.60. The molecule has 174 valence electrons. The summed E-state index contributed by atoms with van der Waals surface area (Å²) in [6, 6.07) is 3.82. The van der Waals surface area contributed by atoms with Gasteiger partial charge in [0.05, 0.1) is 34.1 Å². The molecular weight excluding hydrogens is 437 g/mol. The zero-order valence-electron chi connectivity index (χ0n) is 18.5. The minimum Gasteiger partial charge on any atom is -0.462 e. The van der Waals surface area contributed by atoms with Crippen molar-refractivity contribution in [2.45, 2.75) is 46.1 Å². The molecule has 7 nitrogen and oxygen atoms in total. The molecule has 9 heteroatoms. The summed E-state index contributed by atoms with van der Waals surface area (Å²) in [5.74, 6) is -1.45. The van der Waals surface area contributed by atoms with Gasteiger partial charge in [0.15, 0.2) is 0 Å². The average molecular weight is 466 g/mol. The molecule has 1 atom stereocenters. The van der Waals surface area contributed by atoms with Crippen molar-refractivity contribution in [3.63, 3.8) is 0 Å². The fourth-order valence-electron chi connectivity index (χ4n) is 3.65. The molecule has 32 heavy (non-hydrogen) atoms. The van der Waals surface area contributed by atoms with Crippen molar-refractivity contribution in [2.24, 2.45) is 5.92 Å². The third-order valence-corrected chi connectivity index (χ3v) is 5.59. The smallest absolute Gasteiger partial charge is 0.338 e. The van der Waals surface area contributed by atoms with Crippen LogP contribution in [0.3, 0.4) is 0 Å². The Labute approximate surface area is 192 Å². The van der Waals surface area contributed by atoms with Crippen LogP contribution in [0, 0.1) is 11.7 Å². The highest BCUT2D eigenvalue weighted by molar-refractivity contribution is 6.30. The van der Waals surface area contributed by atoms with Crippen LogP contribution in [-0.4, -0.2) is 48.0 Å². The zero-order chi connectivity index (χ0) is 23.1.